The summed E-state index contributed by atoms with van der Waals surface area (Å²) in [4.78, 5) is 0. The predicted octanol–water partition coefficient (Wildman–Crippen LogP) is 3.63. The van der Waals surface area contributed by atoms with Gasteiger partial charge in [-0.05, 0) is 36.4 Å². The van der Waals surface area contributed by atoms with Crippen molar-refractivity contribution in [3.8, 4) is 11.5 Å². The third-order valence-electron chi connectivity index (χ3n) is 2.43. The van der Waals surface area contributed by atoms with Crippen LogP contribution in [0.3, 0.4) is 0 Å². The molecular formula is C12H8ClO3P. The van der Waals surface area contributed by atoms with Crippen molar-refractivity contribution < 1.29 is 13.6 Å². The Morgan fingerprint density at radius 3 is 1.94 bits per heavy atom. The molecule has 0 N–H and O–H groups in total. The van der Waals surface area contributed by atoms with Gasteiger partial charge in [0, 0.05) is 5.02 Å². The van der Waals surface area contributed by atoms with Crippen LogP contribution in [0.5, 0.6) is 11.5 Å². The van der Waals surface area contributed by atoms with Gasteiger partial charge in [-0.25, -0.2) is 4.57 Å². The Balaban J connectivity index is 2.01. The Morgan fingerprint density at radius 1 is 0.882 bits per heavy atom. The van der Waals surface area contributed by atoms with Crippen LogP contribution in [0.4, 0.5) is 0 Å². The Morgan fingerprint density at radius 2 is 1.41 bits per heavy atom. The SMILES string of the molecule is O=P1(c2ccc(Cl)cc2)Oc2ccccc2O1. The summed E-state index contributed by atoms with van der Waals surface area (Å²) in [5.74, 6) is 1.01. The summed E-state index contributed by atoms with van der Waals surface area (Å²) in [7, 11) is -3.28. The summed E-state index contributed by atoms with van der Waals surface area (Å²) in [5.41, 5.74) is 0. The van der Waals surface area contributed by atoms with Gasteiger partial charge in [-0.15, -0.1) is 0 Å². The van der Waals surface area contributed by atoms with E-state index in [2.05, 4.69) is 0 Å². The van der Waals surface area contributed by atoms with Crippen molar-refractivity contribution in [2.24, 2.45) is 0 Å². The van der Waals surface area contributed by atoms with Crippen molar-refractivity contribution >= 4 is 24.5 Å². The van der Waals surface area contributed by atoms with Crippen LogP contribution in [-0.4, -0.2) is 0 Å². The third-order valence-corrected chi connectivity index (χ3v) is 4.49. The van der Waals surface area contributed by atoms with Crippen molar-refractivity contribution in [3.05, 3.63) is 53.6 Å². The summed E-state index contributed by atoms with van der Waals surface area (Å²) in [5, 5.41) is 1.08. The van der Waals surface area contributed by atoms with Gasteiger partial charge in [0.1, 0.15) is 0 Å². The van der Waals surface area contributed by atoms with E-state index in [4.69, 9.17) is 20.6 Å². The molecule has 1 heterocycles. The van der Waals surface area contributed by atoms with Crippen molar-refractivity contribution in [1.82, 2.24) is 0 Å². The zero-order valence-electron chi connectivity index (χ0n) is 8.67. The maximum Gasteiger partial charge on any atom is 0.463 e. The van der Waals surface area contributed by atoms with Crippen LogP contribution in [0.25, 0.3) is 0 Å². The van der Waals surface area contributed by atoms with E-state index in [1.165, 1.54) is 0 Å². The van der Waals surface area contributed by atoms with E-state index in [9.17, 15) is 4.57 Å². The molecule has 0 aromatic heterocycles. The molecule has 0 aliphatic carbocycles. The predicted molar refractivity (Wildman–Crippen MR) is 66.4 cm³/mol. The molecule has 0 amide bonds. The van der Waals surface area contributed by atoms with Crippen molar-refractivity contribution in [2.45, 2.75) is 0 Å². The van der Waals surface area contributed by atoms with Crippen LogP contribution < -0.4 is 14.4 Å². The van der Waals surface area contributed by atoms with Gasteiger partial charge in [0.15, 0.2) is 11.5 Å². The zero-order chi connectivity index (χ0) is 11.9. The smallest absolute Gasteiger partial charge is 0.409 e. The summed E-state index contributed by atoms with van der Waals surface area (Å²) in [6.07, 6.45) is 0. The topological polar surface area (TPSA) is 35.5 Å². The second-order valence-electron chi connectivity index (χ2n) is 3.60. The highest BCUT2D eigenvalue weighted by Crippen LogP contribution is 2.57. The molecular weight excluding hydrogens is 259 g/mol. The second kappa shape index (κ2) is 3.80. The van der Waals surface area contributed by atoms with Crippen LogP contribution in [0.1, 0.15) is 0 Å². The van der Waals surface area contributed by atoms with Crippen LogP contribution >= 0.6 is 19.2 Å². The lowest BCUT2D eigenvalue weighted by molar-refractivity contribution is 0.445. The molecule has 0 bridgehead atoms. The normalized spacial score (nSPS) is 15.8. The first-order valence-electron chi connectivity index (χ1n) is 5.02. The van der Waals surface area contributed by atoms with Crippen molar-refractivity contribution in [3.63, 3.8) is 0 Å². The second-order valence-corrected chi connectivity index (χ2v) is 5.92. The minimum Gasteiger partial charge on any atom is -0.409 e. The number of hydrogen-bond donors (Lipinski definition) is 0. The maximum absolute atomic E-state index is 12.5. The van der Waals surface area contributed by atoms with Crippen LogP contribution in [0.15, 0.2) is 48.5 Å². The molecule has 5 heteroatoms. The molecule has 3 nitrogen and oxygen atoms in total. The lowest BCUT2D eigenvalue weighted by Gasteiger charge is -2.09. The fourth-order valence-electron chi connectivity index (χ4n) is 1.61. The molecule has 0 fully saturated rings. The first-order valence-corrected chi connectivity index (χ1v) is 6.94. The Hall–Kier alpha value is -1.44. The average Bonchev–Trinajstić information content (AvgIpc) is 2.67. The number of rotatable bonds is 1. The standard InChI is InChI=1S/C12H8ClO3P/c13-9-5-7-10(8-6-9)17(14)15-11-3-1-2-4-12(11)16-17/h1-8H. The molecule has 86 valence electrons. The first kappa shape index (κ1) is 10.7. The van der Waals surface area contributed by atoms with E-state index in [-0.39, 0.29) is 0 Å². The molecule has 0 atom stereocenters. The molecule has 0 spiro atoms. The fraction of sp³-hybridized carbons (Fsp3) is 0. The Kier molecular flexibility index (Phi) is 2.39. The molecule has 1 aliphatic heterocycles. The molecule has 3 rings (SSSR count). The average molecular weight is 267 g/mol. The minimum absolute atomic E-state index is 0.498. The van der Waals surface area contributed by atoms with Crippen LogP contribution in [0, 0.1) is 0 Å². The molecule has 1 aliphatic rings. The molecule has 2 aromatic rings. The van der Waals surface area contributed by atoms with E-state index >= 15 is 0 Å². The molecule has 0 radical (unpaired) electrons. The van der Waals surface area contributed by atoms with E-state index in [0.717, 1.165) is 0 Å². The Labute approximate surface area is 103 Å². The highest BCUT2D eigenvalue weighted by atomic mass is 35.5. The van der Waals surface area contributed by atoms with Crippen LogP contribution in [-0.2, 0) is 4.57 Å². The van der Waals surface area contributed by atoms with Crippen LogP contribution in [0.2, 0.25) is 5.02 Å². The van der Waals surface area contributed by atoms with E-state index < -0.39 is 7.60 Å². The zero-order valence-corrected chi connectivity index (χ0v) is 10.3. The van der Waals surface area contributed by atoms with Gasteiger partial charge >= 0.3 is 7.60 Å². The van der Waals surface area contributed by atoms with Gasteiger partial charge in [-0.1, -0.05) is 23.7 Å². The highest BCUT2D eigenvalue weighted by Gasteiger charge is 2.38. The number of para-hydroxylation sites is 2. The van der Waals surface area contributed by atoms with Gasteiger partial charge in [-0.2, -0.15) is 0 Å². The summed E-state index contributed by atoms with van der Waals surface area (Å²) in [6.45, 7) is 0. The van der Waals surface area contributed by atoms with Crippen molar-refractivity contribution in [1.29, 1.82) is 0 Å². The number of hydrogen-bond acceptors (Lipinski definition) is 3. The summed E-state index contributed by atoms with van der Waals surface area (Å²) >= 11 is 5.78. The van der Waals surface area contributed by atoms with E-state index in [1.807, 2.05) is 0 Å². The quantitative estimate of drug-likeness (QED) is 0.740. The number of halogens is 1. The monoisotopic (exact) mass is 266 g/mol. The van der Waals surface area contributed by atoms with Gasteiger partial charge in [-0.3, -0.25) is 0 Å². The van der Waals surface area contributed by atoms with Gasteiger partial charge in [0.05, 0.1) is 5.30 Å². The molecule has 2 aromatic carbocycles. The van der Waals surface area contributed by atoms with Gasteiger partial charge < -0.3 is 9.05 Å². The Bertz CT molecular complexity index is 580. The van der Waals surface area contributed by atoms with Gasteiger partial charge in [0.25, 0.3) is 0 Å². The number of fused-ring (bicyclic) bond motifs is 1. The largest absolute Gasteiger partial charge is 0.463 e. The van der Waals surface area contributed by atoms with Crippen molar-refractivity contribution in [2.75, 3.05) is 0 Å². The summed E-state index contributed by atoms with van der Waals surface area (Å²) in [6, 6.07) is 13.7. The maximum atomic E-state index is 12.5. The number of benzene rings is 2. The van der Waals surface area contributed by atoms with Gasteiger partial charge in [0.2, 0.25) is 0 Å². The van der Waals surface area contributed by atoms with E-state index in [1.54, 1.807) is 48.5 Å². The highest BCUT2D eigenvalue weighted by molar-refractivity contribution is 7.63. The first-order chi connectivity index (χ1) is 8.17. The molecule has 0 unspecified atom stereocenters. The third kappa shape index (κ3) is 1.82. The van der Waals surface area contributed by atoms with E-state index in [0.29, 0.717) is 21.8 Å². The lowest BCUT2D eigenvalue weighted by atomic mass is 10.3. The summed E-state index contributed by atoms with van der Waals surface area (Å²) < 4.78 is 23.3. The molecule has 0 saturated carbocycles. The minimum atomic E-state index is -3.28. The fourth-order valence-corrected chi connectivity index (χ4v) is 3.32. The molecule has 17 heavy (non-hydrogen) atoms. The molecule has 0 saturated heterocycles. The lowest BCUT2D eigenvalue weighted by Crippen LogP contribution is -2.09.